The minimum Gasteiger partial charge on any atom is -0.356 e. The molecule has 2 aromatic rings. The highest BCUT2D eigenvalue weighted by atomic mass is 32.2. The van der Waals surface area contributed by atoms with Crippen LogP contribution in [0.3, 0.4) is 0 Å². The molecule has 1 fully saturated rings. The highest BCUT2D eigenvalue weighted by Crippen LogP contribution is 2.19. The van der Waals surface area contributed by atoms with Crippen LogP contribution in [0.5, 0.6) is 0 Å². The van der Waals surface area contributed by atoms with Gasteiger partial charge in [-0.3, -0.25) is 9.59 Å². The molecule has 0 spiro atoms. The standard InChI is InChI=1S/C22H30N4O4S/c1-16-10-17(2)12-18(11-16)24-21(27)15-25(3)31(29,30)19-13-20(23-14-19)22(28)26-8-6-4-5-7-9-26/h10-14,23H,4-9,15H2,1-3H3,(H,24,27). The number of hydrogen-bond donors (Lipinski definition) is 2. The first-order valence-electron chi connectivity index (χ1n) is 10.5. The number of carbonyl (C=O) groups excluding carboxylic acids is 2. The molecule has 0 aliphatic carbocycles. The van der Waals surface area contributed by atoms with E-state index in [1.165, 1.54) is 19.3 Å². The van der Waals surface area contributed by atoms with Gasteiger partial charge in [-0.25, -0.2) is 8.42 Å². The van der Waals surface area contributed by atoms with E-state index in [4.69, 9.17) is 0 Å². The van der Waals surface area contributed by atoms with Gasteiger partial charge in [-0.2, -0.15) is 4.31 Å². The second kappa shape index (κ2) is 9.65. The summed E-state index contributed by atoms with van der Waals surface area (Å²) in [5, 5.41) is 2.74. The molecule has 3 rings (SSSR count). The number of rotatable bonds is 6. The maximum absolute atomic E-state index is 12.9. The van der Waals surface area contributed by atoms with E-state index in [1.54, 1.807) is 4.90 Å². The van der Waals surface area contributed by atoms with Gasteiger partial charge < -0.3 is 15.2 Å². The second-order valence-electron chi connectivity index (χ2n) is 8.14. The molecular formula is C22H30N4O4S. The molecule has 31 heavy (non-hydrogen) atoms. The maximum Gasteiger partial charge on any atom is 0.270 e. The Morgan fingerprint density at radius 2 is 1.65 bits per heavy atom. The summed E-state index contributed by atoms with van der Waals surface area (Å²) >= 11 is 0. The van der Waals surface area contributed by atoms with Crippen molar-refractivity contribution in [3.05, 3.63) is 47.3 Å². The van der Waals surface area contributed by atoms with E-state index < -0.39 is 15.9 Å². The molecule has 0 atom stereocenters. The summed E-state index contributed by atoms with van der Waals surface area (Å²) in [4.78, 5) is 29.6. The summed E-state index contributed by atoms with van der Waals surface area (Å²) in [7, 11) is -2.58. The smallest absolute Gasteiger partial charge is 0.270 e. The van der Waals surface area contributed by atoms with E-state index in [1.807, 2.05) is 32.0 Å². The Bertz CT molecular complexity index is 1030. The molecule has 0 unspecified atom stereocenters. The lowest BCUT2D eigenvalue weighted by atomic mass is 10.1. The first kappa shape index (κ1) is 23.0. The molecular weight excluding hydrogens is 416 g/mol. The van der Waals surface area contributed by atoms with Crippen LogP contribution >= 0.6 is 0 Å². The monoisotopic (exact) mass is 446 g/mol. The van der Waals surface area contributed by atoms with Crippen LogP contribution in [0.15, 0.2) is 35.4 Å². The van der Waals surface area contributed by atoms with Crippen molar-refractivity contribution >= 4 is 27.5 Å². The zero-order valence-corrected chi connectivity index (χ0v) is 19.1. The van der Waals surface area contributed by atoms with Crippen LogP contribution < -0.4 is 5.32 Å². The molecule has 1 aliphatic rings. The third-order valence-electron chi connectivity index (χ3n) is 5.36. The van der Waals surface area contributed by atoms with Crippen molar-refractivity contribution in [2.24, 2.45) is 0 Å². The molecule has 9 heteroatoms. The lowest BCUT2D eigenvalue weighted by Crippen LogP contribution is -2.35. The Hall–Kier alpha value is -2.65. The Morgan fingerprint density at radius 1 is 1.03 bits per heavy atom. The van der Waals surface area contributed by atoms with E-state index in [2.05, 4.69) is 10.3 Å². The number of sulfonamides is 1. The largest absolute Gasteiger partial charge is 0.356 e. The fourth-order valence-electron chi connectivity index (χ4n) is 3.81. The van der Waals surface area contributed by atoms with Crippen molar-refractivity contribution in [2.45, 2.75) is 44.4 Å². The van der Waals surface area contributed by atoms with Crippen molar-refractivity contribution < 1.29 is 18.0 Å². The Morgan fingerprint density at radius 3 is 2.26 bits per heavy atom. The van der Waals surface area contributed by atoms with Crippen molar-refractivity contribution in [2.75, 3.05) is 32.0 Å². The molecule has 1 aromatic carbocycles. The van der Waals surface area contributed by atoms with Crippen LogP contribution in [0.1, 0.15) is 47.3 Å². The molecule has 2 N–H and O–H groups in total. The van der Waals surface area contributed by atoms with Gasteiger partial charge >= 0.3 is 0 Å². The van der Waals surface area contributed by atoms with Gasteiger partial charge in [0.1, 0.15) is 10.6 Å². The summed E-state index contributed by atoms with van der Waals surface area (Å²) in [5.41, 5.74) is 2.88. The summed E-state index contributed by atoms with van der Waals surface area (Å²) < 4.78 is 26.8. The summed E-state index contributed by atoms with van der Waals surface area (Å²) in [6.45, 7) is 4.87. The van der Waals surface area contributed by atoms with Crippen molar-refractivity contribution in [1.82, 2.24) is 14.2 Å². The first-order valence-corrected chi connectivity index (χ1v) is 11.9. The van der Waals surface area contributed by atoms with E-state index in [0.717, 1.165) is 41.1 Å². The predicted molar refractivity (Wildman–Crippen MR) is 120 cm³/mol. The number of nitrogens with one attached hydrogen (secondary N) is 2. The van der Waals surface area contributed by atoms with Gasteiger partial charge in [0.05, 0.1) is 6.54 Å². The van der Waals surface area contributed by atoms with Gasteiger partial charge in [0, 0.05) is 32.0 Å². The average Bonchev–Trinajstić information content (AvgIpc) is 3.03. The number of H-pyrrole nitrogens is 1. The molecule has 1 aliphatic heterocycles. The Labute approximate surface area is 183 Å². The molecule has 0 bridgehead atoms. The molecule has 1 aromatic heterocycles. The zero-order chi connectivity index (χ0) is 22.6. The van der Waals surface area contributed by atoms with Gasteiger partial charge in [-0.15, -0.1) is 0 Å². The van der Waals surface area contributed by atoms with Gasteiger partial charge in [-0.1, -0.05) is 18.9 Å². The van der Waals surface area contributed by atoms with E-state index in [-0.39, 0.29) is 23.0 Å². The highest BCUT2D eigenvalue weighted by Gasteiger charge is 2.26. The van der Waals surface area contributed by atoms with Crippen LogP contribution in [-0.2, 0) is 14.8 Å². The summed E-state index contributed by atoms with van der Waals surface area (Å²) in [6.07, 6.45) is 5.41. The fourth-order valence-corrected chi connectivity index (χ4v) is 4.93. The number of nitrogens with zero attached hydrogens (tertiary/aromatic N) is 2. The molecule has 168 valence electrons. The number of amides is 2. The number of hydrogen-bond acceptors (Lipinski definition) is 4. The van der Waals surface area contributed by atoms with E-state index in [9.17, 15) is 18.0 Å². The molecule has 8 nitrogen and oxygen atoms in total. The normalized spacial score (nSPS) is 15.0. The fraction of sp³-hybridized carbons (Fsp3) is 0.455. The number of likely N-dealkylation sites (N-methyl/N-ethyl adjacent to an activating group) is 1. The molecule has 0 saturated carbocycles. The lowest BCUT2D eigenvalue weighted by molar-refractivity contribution is -0.116. The van der Waals surface area contributed by atoms with Gasteiger partial charge in [0.25, 0.3) is 5.91 Å². The number of aromatic nitrogens is 1. The minimum absolute atomic E-state index is 0.0348. The first-order chi connectivity index (χ1) is 14.7. The van der Waals surface area contributed by atoms with Crippen LogP contribution in [0, 0.1) is 13.8 Å². The Balaban J connectivity index is 1.66. The predicted octanol–water partition coefficient (Wildman–Crippen LogP) is 2.91. The number of aryl methyl sites for hydroxylation is 2. The molecule has 2 amide bonds. The van der Waals surface area contributed by atoms with Gasteiger partial charge in [0.15, 0.2) is 0 Å². The SMILES string of the molecule is Cc1cc(C)cc(NC(=O)CN(C)S(=O)(=O)c2c[nH]c(C(=O)N3CCCCCC3)c2)c1. The number of anilines is 1. The molecule has 0 radical (unpaired) electrons. The second-order valence-corrected chi connectivity index (χ2v) is 10.2. The number of aromatic amines is 1. The number of benzene rings is 1. The average molecular weight is 447 g/mol. The third-order valence-corrected chi connectivity index (χ3v) is 7.14. The van der Waals surface area contributed by atoms with E-state index >= 15 is 0 Å². The van der Waals surface area contributed by atoms with Crippen LogP contribution in [-0.4, -0.2) is 61.1 Å². The molecule has 2 heterocycles. The van der Waals surface area contributed by atoms with Crippen molar-refractivity contribution in [3.63, 3.8) is 0 Å². The number of carbonyl (C=O) groups is 2. The summed E-state index contributed by atoms with van der Waals surface area (Å²) in [6, 6.07) is 6.99. The van der Waals surface area contributed by atoms with Crippen LogP contribution in [0.25, 0.3) is 0 Å². The highest BCUT2D eigenvalue weighted by molar-refractivity contribution is 7.89. The third kappa shape index (κ3) is 5.74. The van der Waals surface area contributed by atoms with Gasteiger partial charge in [0.2, 0.25) is 15.9 Å². The summed E-state index contributed by atoms with van der Waals surface area (Å²) in [5.74, 6) is -0.633. The zero-order valence-electron chi connectivity index (χ0n) is 18.3. The molecule has 1 saturated heterocycles. The van der Waals surface area contributed by atoms with Crippen LogP contribution in [0.4, 0.5) is 5.69 Å². The minimum atomic E-state index is -3.92. The van der Waals surface area contributed by atoms with Crippen molar-refractivity contribution in [3.8, 4) is 0 Å². The van der Waals surface area contributed by atoms with Crippen LogP contribution in [0.2, 0.25) is 0 Å². The van der Waals surface area contributed by atoms with E-state index in [0.29, 0.717) is 18.8 Å². The Kier molecular flexibility index (Phi) is 7.17. The van der Waals surface area contributed by atoms with Gasteiger partial charge in [-0.05, 0) is 56.0 Å². The number of likely N-dealkylation sites (tertiary alicyclic amines) is 1. The topological polar surface area (TPSA) is 103 Å². The quantitative estimate of drug-likeness (QED) is 0.712. The van der Waals surface area contributed by atoms with Crippen molar-refractivity contribution in [1.29, 1.82) is 0 Å². The maximum atomic E-state index is 12.9. The lowest BCUT2D eigenvalue weighted by Gasteiger charge is -2.19.